The smallest absolute Gasteiger partial charge is 0.310 e. The van der Waals surface area contributed by atoms with E-state index in [0.29, 0.717) is 18.2 Å². The molecule has 0 radical (unpaired) electrons. The summed E-state index contributed by atoms with van der Waals surface area (Å²) in [5, 5.41) is 9.89. The largest absolute Gasteiger partial charge is 0.481 e. The van der Waals surface area contributed by atoms with Crippen molar-refractivity contribution in [3.63, 3.8) is 0 Å². The first-order chi connectivity index (χ1) is 9.63. The lowest BCUT2D eigenvalue weighted by atomic mass is 10.0. The molecular formula is C14H19ClN2O3. The average Bonchev–Trinajstić information content (AvgIpc) is 2.90. The Bertz CT molecular complexity index is 469. The molecule has 0 aliphatic carbocycles. The standard InChI is InChI=1S/C14H19ClN2O3/c1-2-5-17(7-10-3-4-16-6-12(10)15)13-9-20-8-11(13)14(18)19/h3-4,6,11,13H,2,5,7-9H2,1H3,(H,18,19). The molecular weight excluding hydrogens is 280 g/mol. The summed E-state index contributed by atoms with van der Waals surface area (Å²) < 4.78 is 5.36. The number of hydrogen-bond acceptors (Lipinski definition) is 4. The summed E-state index contributed by atoms with van der Waals surface area (Å²) in [6, 6.07) is 1.77. The molecule has 2 heterocycles. The van der Waals surface area contributed by atoms with E-state index < -0.39 is 11.9 Å². The Balaban J connectivity index is 2.14. The lowest BCUT2D eigenvalue weighted by Crippen LogP contribution is -2.43. The van der Waals surface area contributed by atoms with Crippen LogP contribution in [0.5, 0.6) is 0 Å². The lowest BCUT2D eigenvalue weighted by Gasteiger charge is -2.30. The van der Waals surface area contributed by atoms with E-state index in [4.69, 9.17) is 16.3 Å². The quantitative estimate of drug-likeness (QED) is 0.871. The Hall–Kier alpha value is -1.17. The summed E-state index contributed by atoms with van der Waals surface area (Å²) in [4.78, 5) is 17.4. The molecule has 5 nitrogen and oxygen atoms in total. The number of halogens is 1. The first-order valence-electron chi connectivity index (χ1n) is 6.76. The van der Waals surface area contributed by atoms with Crippen LogP contribution in [0.15, 0.2) is 18.5 Å². The maximum atomic E-state index is 11.3. The number of aliphatic carboxylic acids is 1. The molecule has 1 aromatic rings. The molecule has 1 aliphatic rings. The monoisotopic (exact) mass is 298 g/mol. The van der Waals surface area contributed by atoms with Crippen molar-refractivity contribution in [1.29, 1.82) is 0 Å². The van der Waals surface area contributed by atoms with Gasteiger partial charge in [0.1, 0.15) is 0 Å². The van der Waals surface area contributed by atoms with Gasteiger partial charge in [0.2, 0.25) is 0 Å². The highest BCUT2D eigenvalue weighted by atomic mass is 35.5. The summed E-state index contributed by atoms with van der Waals surface area (Å²) in [5.41, 5.74) is 0.964. The van der Waals surface area contributed by atoms with E-state index in [1.807, 2.05) is 6.07 Å². The Labute approximate surface area is 123 Å². The first-order valence-corrected chi connectivity index (χ1v) is 7.14. The van der Waals surface area contributed by atoms with Crippen LogP contribution in [-0.4, -0.2) is 46.8 Å². The summed E-state index contributed by atoms with van der Waals surface area (Å²) in [6.45, 7) is 4.25. The molecule has 1 N–H and O–H groups in total. The van der Waals surface area contributed by atoms with Gasteiger partial charge in [-0.2, -0.15) is 0 Å². The van der Waals surface area contributed by atoms with Crippen LogP contribution in [0, 0.1) is 5.92 Å². The third-order valence-electron chi connectivity index (χ3n) is 3.58. The van der Waals surface area contributed by atoms with Gasteiger partial charge in [0.25, 0.3) is 0 Å². The average molecular weight is 299 g/mol. The molecule has 0 spiro atoms. The summed E-state index contributed by atoms with van der Waals surface area (Å²) >= 11 is 6.14. The molecule has 6 heteroatoms. The molecule has 20 heavy (non-hydrogen) atoms. The van der Waals surface area contributed by atoms with Gasteiger partial charge in [-0.3, -0.25) is 14.7 Å². The van der Waals surface area contributed by atoms with Crippen LogP contribution in [0.3, 0.4) is 0 Å². The summed E-state index contributed by atoms with van der Waals surface area (Å²) in [7, 11) is 0. The van der Waals surface area contributed by atoms with Crippen LogP contribution in [0.4, 0.5) is 0 Å². The lowest BCUT2D eigenvalue weighted by molar-refractivity contribution is -0.143. The highest BCUT2D eigenvalue weighted by molar-refractivity contribution is 6.31. The molecule has 2 atom stereocenters. The topological polar surface area (TPSA) is 62.7 Å². The molecule has 110 valence electrons. The number of rotatable bonds is 6. The Morgan fingerprint density at radius 2 is 2.40 bits per heavy atom. The highest BCUT2D eigenvalue weighted by Gasteiger charge is 2.37. The molecule has 0 aromatic carbocycles. The predicted octanol–water partition coefficient (Wildman–Crippen LogP) is 2.05. The van der Waals surface area contributed by atoms with E-state index >= 15 is 0 Å². The van der Waals surface area contributed by atoms with Gasteiger partial charge in [0.05, 0.1) is 24.2 Å². The van der Waals surface area contributed by atoms with E-state index in [9.17, 15) is 9.90 Å². The molecule has 1 fully saturated rings. The van der Waals surface area contributed by atoms with Crippen molar-refractivity contribution in [3.8, 4) is 0 Å². The molecule has 2 unspecified atom stereocenters. The number of carbonyl (C=O) groups is 1. The fraction of sp³-hybridized carbons (Fsp3) is 0.571. The third kappa shape index (κ3) is 3.48. The first kappa shape index (κ1) is 15.2. The van der Waals surface area contributed by atoms with Crippen LogP contribution in [0.25, 0.3) is 0 Å². The highest BCUT2D eigenvalue weighted by Crippen LogP contribution is 2.24. The Morgan fingerprint density at radius 1 is 1.60 bits per heavy atom. The van der Waals surface area contributed by atoms with Gasteiger partial charge < -0.3 is 9.84 Å². The normalized spacial score (nSPS) is 22.4. The fourth-order valence-electron chi connectivity index (χ4n) is 2.54. The maximum Gasteiger partial charge on any atom is 0.310 e. The van der Waals surface area contributed by atoms with Crippen molar-refractivity contribution in [3.05, 3.63) is 29.0 Å². The molecule has 0 saturated carbocycles. The SMILES string of the molecule is CCCN(Cc1ccncc1Cl)C1COCC1C(=O)O. The van der Waals surface area contributed by atoms with Gasteiger partial charge in [-0.05, 0) is 24.6 Å². The van der Waals surface area contributed by atoms with Crippen LogP contribution in [0.2, 0.25) is 5.02 Å². The molecule has 0 bridgehead atoms. The van der Waals surface area contributed by atoms with E-state index in [-0.39, 0.29) is 12.6 Å². The van der Waals surface area contributed by atoms with E-state index in [1.54, 1.807) is 12.4 Å². The minimum absolute atomic E-state index is 0.100. The summed E-state index contributed by atoms with van der Waals surface area (Å²) in [6.07, 6.45) is 4.26. The number of aromatic nitrogens is 1. The van der Waals surface area contributed by atoms with Crippen molar-refractivity contribution in [1.82, 2.24) is 9.88 Å². The van der Waals surface area contributed by atoms with E-state index in [1.165, 1.54) is 0 Å². The van der Waals surface area contributed by atoms with Gasteiger partial charge in [0.15, 0.2) is 0 Å². The molecule has 1 aliphatic heterocycles. The number of ether oxygens (including phenoxy) is 1. The minimum atomic E-state index is -0.797. The second-order valence-corrected chi connectivity index (χ2v) is 5.39. The number of hydrogen-bond donors (Lipinski definition) is 1. The fourth-order valence-corrected chi connectivity index (χ4v) is 2.72. The van der Waals surface area contributed by atoms with Crippen molar-refractivity contribution < 1.29 is 14.6 Å². The van der Waals surface area contributed by atoms with E-state index in [2.05, 4.69) is 16.8 Å². The predicted molar refractivity (Wildman–Crippen MR) is 75.7 cm³/mol. The minimum Gasteiger partial charge on any atom is -0.481 e. The van der Waals surface area contributed by atoms with E-state index in [0.717, 1.165) is 18.5 Å². The van der Waals surface area contributed by atoms with Crippen LogP contribution < -0.4 is 0 Å². The second kappa shape index (κ2) is 7.02. The van der Waals surface area contributed by atoms with Crippen molar-refractivity contribution >= 4 is 17.6 Å². The van der Waals surface area contributed by atoms with Crippen LogP contribution >= 0.6 is 11.6 Å². The molecule has 2 rings (SSSR count). The zero-order valence-corrected chi connectivity index (χ0v) is 12.2. The van der Waals surface area contributed by atoms with Crippen molar-refractivity contribution in [2.45, 2.75) is 25.9 Å². The van der Waals surface area contributed by atoms with Gasteiger partial charge >= 0.3 is 5.97 Å². The maximum absolute atomic E-state index is 11.3. The third-order valence-corrected chi connectivity index (χ3v) is 3.92. The zero-order valence-electron chi connectivity index (χ0n) is 11.5. The van der Waals surface area contributed by atoms with Gasteiger partial charge in [0, 0.05) is 25.0 Å². The van der Waals surface area contributed by atoms with Crippen LogP contribution in [0.1, 0.15) is 18.9 Å². The van der Waals surface area contributed by atoms with Gasteiger partial charge in [-0.1, -0.05) is 18.5 Å². The van der Waals surface area contributed by atoms with Gasteiger partial charge in [-0.15, -0.1) is 0 Å². The number of carboxylic acids is 1. The summed E-state index contributed by atoms with van der Waals surface area (Å²) in [5.74, 6) is -1.27. The number of nitrogens with zero attached hydrogens (tertiary/aromatic N) is 2. The zero-order chi connectivity index (χ0) is 14.5. The number of carboxylic acid groups (broad SMARTS) is 1. The molecule has 1 saturated heterocycles. The van der Waals surface area contributed by atoms with Crippen LogP contribution in [-0.2, 0) is 16.1 Å². The van der Waals surface area contributed by atoms with Crippen molar-refractivity contribution in [2.75, 3.05) is 19.8 Å². The number of pyridine rings is 1. The molecule has 1 aromatic heterocycles. The Kier molecular flexibility index (Phi) is 5.34. The second-order valence-electron chi connectivity index (χ2n) is 4.99. The van der Waals surface area contributed by atoms with Gasteiger partial charge in [-0.25, -0.2) is 0 Å². The molecule has 0 amide bonds. The Morgan fingerprint density at radius 3 is 3.05 bits per heavy atom. The van der Waals surface area contributed by atoms with Crippen molar-refractivity contribution in [2.24, 2.45) is 5.92 Å².